The summed E-state index contributed by atoms with van der Waals surface area (Å²) in [5.41, 5.74) is 0.554. The first-order valence-electron chi connectivity index (χ1n) is 7.75. The van der Waals surface area contributed by atoms with Gasteiger partial charge < -0.3 is 4.90 Å². The van der Waals surface area contributed by atoms with Gasteiger partial charge in [0.25, 0.3) is 5.91 Å². The van der Waals surface area contributed by atoms with E-state index in [4.69, 9.17) is 0 Å². The van der Waals surface area contributed by atoms with Gasteiger partial charge >= 0.3 is 0 Å². The van der Waals surface area contributed by atoms with E-state index in [9.17, 15) is 13.2 Å². The summed E-state index contributed by atoms with van der Waals surface area (Å²) < 4.78 is 25.2. The van der Waals surface area contributed by atoms with E-state index in [-0.39, 0.29) is 10.8 Å². The zero-order valence-corrected chi connectivity index (χ0v) is 14.1. The van der Waals surface area contributed by atoms with Gasteiger partial charge in [-0.1, -0.05) is 19.3 Å². The highest BCUT2D eigenvalue weighted by Crippen LogP contribution is 2.17. The smallest absolute Gasteiger partial charge is 0.253 e. The average Bonchev–Trinajstić information content (AvgIpc) is 2.46. The van der Waals surface area contributed by atoms with Gasteiger partial charge in [0, 0.05) is 32.7 Å². The largest absolute Gasteiger partial charge is 0.339 e. The second-order valence-electron chi connectivity index (χ2n) is 5.87. The van der Waals surface area contributed by atoms with Crippen LogP contribution in [0.25, 0.3) is 0 Å². The van der Waals surface area contributed by atoms with Gasteiger partial charge in [0.1, 0.15) is 0 Å². The van der Waals surface area contributed by atoms with Crippen molar-refractivity contribution < 1.29 is 13.2 Å². The summed E-state index contributed by atoms with van der Waals surface area (Å²) in [6, 6.07) is 6.23. The molecule has 1 aromatic carbocycles. The van der Waals surface area contributed by atoms with Crippen LogP contribution in [-0.4, -0.2) is 50.7 Å². The zero-order valence-electron chi connectivity index (χ0n) is 13.3. The number of benzene rings is 1. The summed E-state index contributed by atoms with van der Waals surface area (Å²) in [4.78, 5) is 14.6. The third-order valence-electron chi connectivity index (χ3n) is 4.02. The van der Waals surface area contributed by atoms with E-state index >= 15 is 0 Å². The first kappa shape index (κ1) is 17.0. The molecule has 0 aliphatic carbocycles. The molecule has 1 heterocycles. The topological polar surface area (TPSA) is 57.7 Å². The lowest BCUT2D eigenvalue weighted by Gasteiger charge is -2.25. The number of carbonyl (C=O) groups is 1. The van der Waals surface area contributed by atoms with Crippen molar-refractivity contribution in [1.82, 2.24) is 9.21 Å². The number of hydrogen-bond acceptors (Lipinski definition) is 3. The van der Waals surface area contributed by atoms with E-state index in [1.165, 1.54) is 49.8 Å². The molecule has 1 fully saturated rings. The molecule has 22 heavy (non-hydrogen) atoms. The molecule has 1 saturated heterocycles. The molecule has 0 spiro atoms. The Morgan fingerprint density at radius 2 is 1.45 bits per heavy atom. The number of sulfonamides is 1. The number of likely N-dealkylation sites (tertiary alicyclic amines) is 1. The highest BCUT2D eigenvalue weighted by atomic mass is 32.2. The monoisotopic (exact) mass is 324 g/mol. The van der Waals surface area contributed by atoms with Crippen molar-refractivity contribution in [2.24, 2.45) is 0 Å². The van der Waals surface area contributed by atoms with E-state index < -0.39 is 10.0 Å². The first-order chi connectivity index (χ1) is 10.4. The van der Waals surface area contributed by atoms with Crippen LogP contribution in [0.3, 0.4) is 0 Å². The van der Waals surface area contributed by atoms with Crippen molar-refractivity contribution in [1.29, 1.82) is 0 Å². The number of hydrogen-bond donors (Lipinski definition) is 0. The minimum atomic E-state index is -3.45. The third kappa shape index (κ3) is 3.87. The fourth-order valence-corrected chi connectivity index (χ4v) is 3.52. The SMILES string of the molecule is CN(C)S(=O)(=O)c1ccc(C(=O)N2CCCCCCC2)cc1. The summed E-state index contributed by atoms with van der Waals surface area (Å²) in [7, 11) is -0.457. The lowest BCUT2D eigenvalue weighted by Crippen LogP contribution is -2.33. The van der Waals surface area contributed by atoms with Crippen LogP contribution in [0, 0.1) is 0 Å². The Balaban J connectivity index is 2.14. The van der Waals surface area contributed by atoms with Crippen molar-refractivity contribution in [2.45, 2.75) is 37.0 Å². The van der Waals surface area contributed by atoms with Crippen LogP contribution in [0.2, 0.25) is 0 Å². The first-order valence-corrected chi connectivity index (χ1v) is 9.19. The normalized spacial score (nSPS) is 17.1. The lowest BCUT2D eigenvalue weighted by molar-refractivity contribution is 0.0742. The predicted molar refractivity (Wildman–Crippen MR) is 86.3 cm³/mol. The van der Waals surface area contributed by atoms with E-state index in [1.54, 1.807) is 12.1 Å². The molecule has 1 aromatic rings. The van der Waals surface area contributed by atoms with Crippen molar-refractivity contribution >= 4 is 15.9 Å². The molecule has 0 saturated carbocycles. The van der Waals surface area contributed by atoms with Crippen molar-refractivity contribution in [3.05, 3.63) is 29.8 Å². The number of rotatable bonds is 3. The Labute approximate surface area is 133 Å². The van der Waals surface area contributed by atoms with Gasteiger partial charge in [-0.2, -0.15) is 0 Å². The number of amides is 1. The molecule has 5 nitrogen and oxygen atoms in total. The van der Waals surface area contributed by atoms with Crippen molar-refractivity contribution in [3.63, 3.8) is 0 Å². The fraction of sp³-hybridized carbons (Fsp3) is 0.562. The summed E-state index contributed by atoms with van der Waals surface area (Å²) in [5, 5.41) is 0. The van der Waals surface area contributed by atoms with E-state index in [1.807, 2.05) is 4.90 Å². The molecule has 0 unspecified atom stereocenters. The molecule has 6 heteroatoms. The van der Waals surface area contributed by atoms with Crippen LogP contribution in [0.15, 0.2) is 29.2 Å². The molecule has 0 radical (unpaired) electrons. The number of carbonyl (C=O) groups excluding carboxylic acids is 1. The van der Waals surface area contributed by atoms with Gasteiger partial charge in [-0.15, -0.1) is 0 Å². The van der Waals surface area contributed by atoms with Crippen LogP contribution in [0.5, 0.6) is 0 Å². The van der Waals surface area contributed by atoms with E-state index in [0.29, 0.717) is 5.56 Å². The maximum atomic E-state index is 12.5. The third-order valence-corrected chi connectivity index (χ3v) is 5.85. The van der Waals surface area contributed by atoms with Crippen LogP contribution in [0.1, 0.15) is 42.5 Å². The maximum Gasteiger partial charge on any atom is 0.253 e. The minimum absolute atomic E-state index is 0.00398. The number of nitrogens with zero attached hydrogens (tertiary/aromatic N) is 2. The quantitative estimate of drug-likeness (QED) is 0.857. The van der Waals surface area contributed by atoms with E-state index in [2.05, 4.69) is 0 Å². The Morgan fingerprint density at radius 3 is 1.95 bits per heavy atom. The predicted octanol–water partition coefficient (Wildman–Crippen LogP) is 2.34. The summed E-state index contributed by atoms with van der Waals surface area (Å²) in [6.45, 7) is 1.58. The molecule has 1 aliphatic heterocycles. The highest BCUT2D eigenvalue weighted by molar-refractivity contribution is 7.89. The van der Waals surface area contributed by atoms with Crippen LogP contribution in [-0.2, 0) is 10.0 Å². The Hall–Kier alpha value is -1.40. The molecule has 0 atom stereocenters. The van der Waals surface area contributed by atoms with E-state index in [0.717, 1.165) is 25.9 Å². The minimum Gasteiger partial charge on any atom is -0.339 e. The Kier molecular flexibility index (Phi) is 5.58. The molecular formula is C16H24N2O3S. The fourth-order valence-electron chi connectivity index (χ4n) is 2.61. The second-order valence-corrected chi connectivity index (χ2v) is 8.02. The van der Waals surface area contributed by atoms with Gasteiger partial charge in [-0.25, -0.2) is 12.7 Å². The van der Waals surface area contributed by atoms with Crippen LogP contribution >= 0.6 is 0 Å². The van der Waals surface area contributed by atoms with Crippen LogP contribution in [0.4, 0.5) is 0 Å². The zero-order chi connectivity index (χ0) is 16.2. The van der Waals surface area contributed by atoms with Gasteiger partial charge in [0.2, 0.25) is 10.0 Å². The molecular weight excluding hydrogens is 300 g/mol. The van der Waals surface area contributed by atoms with Crippen molar-refractivity contribution in [3.8, 4) is 0 Å². The molecule has 2 rings (SSSR count). The van der Waals surface area contributed by atoms with Crippen molar-refractivity contribution in [2.75, 3.05) is 27.2 Å². The molecule has 1 amide bonds. The highest BCUT2D eigenvalue weighted by Gasteiger charge is 2.20. The molecule has 0 aromatic heterocycles. The Bertz CT molecular complexity index is 601. The Morgan fingerprint density at radius 1 is 0.955 bits per heavy atom. The summed E-state index contributed by atoms with van der Waals surface area (Å²) in [6.07, 6.45) is 5.67. The molecule has 122 valence electrons. The molecule has 0 N–H and O–H groups in total. The van der Waals surface area contributed by atoms with Crippen LogP contribution < -0.4 is 0 Å². The van der Waals surface area contributed by atoms with Gasteiger partial charge in [-0.05, 0) is 37.1 Å². The molecule has 1 aliphatic rings. The maximum absolute atomic E-state index is 12.5. The molecule has 0 bridgehead atoms. The standard InChI is InChI=1S/C16H24N2O3S/c1-17(2)22(20,21)15-10-8-14(9-11-15)16(19)18-12-6-4-3-5-7-13-18/h8-11H,3-7,12-13H2,1-2H3. The summed E-state index contributed by atoms with van der Waals surface area (Å²) in [5.74, 6) is -0.00398. The lowest BCUT2D eigenvalue weighted by atomic mass is 10.1. The average molecular weight is 324 g/mol. The van der Waals surface area contributed by atoms with Gasteiger partial charge in [0.05, 0.1) is 4.90 Å². The van der Waals surface area contributed by atoms with Gasteiger partial charge in [0.15, 0.2) is 0 Å². The summed E-state index contributed by atoms with van der Waals surface area (Å²) >= 11 is 0. The van der Waals surface area contributed by atoms with Gasteiger partial charge in [-0.3, -0.25) is 4.79 Å². The second kappa shape index (κ2) is 7.24.